The van der Waals surface area contributed by atoms with Gasteiger partial charge < -0.3 is 10.1 Å². The summed E-state index contributed by atoms with van der Waals surface area (Å²) in [4.78, 5) is 18.0. The van der Waals surface area contributed by atoms with Crippen LogP contribution in [0.15, 0.2) is 18.3 Å². The lowest BCUT2D eigenvalue weighted by atomic mass is 10.0. The predicted molar refractivity (Wildman–Crippen MR) is 63.0 cm³/mol. The van der Waals surface area contributed by atoms with E-state index in [4.69, 9.17) is 4.74 Å². The summed E-state index contributed by atoms with van der Waals surface area (Å²) in [6.07, 6.45) is 2.62. The molecule has 5 nitrogen and oxygen atoms in total. The maximum Gasteiger partial charge on any atom is 0.322 e. The van der Waals surface area contributed by atoms with Crippen LogP contribution in [0, 0.1) is 6.92 Å². The first kappa shape index (κ1) is 10.5. The summed E-state index contributed by atoms with van der Waals surface area (Å²) in [7, 11) is 0. The Labute approximate surface area is 99.8 Å². The number of aryl methyl sites for hydroxylation is 1. The van der Waals surface area contributed by atoms with Crippen molar-refractivity contribution in [2.75, 3.05) is 18.1 Å². The van der Waals surface area contributed by atoms with Crippen LogP contribution in [0.5, 0.6) is 0 Å². The van der Waals surface area contributed by atoms with Crippen LogP contribution < -0.4 is 10.2 Å². The van der Waals surface area contributed by atoms with Gasteiger partial charge in [0.2, 0.25) is 0 Å². The number of hydrogen-bond donors (Lipinski definition) is 1. The highest BCUT2D eigenvalue weighted by molar-refractivity contribution is 5.95. The summed E-state index contributed by atoms with van der Waals surface area (Å²) in [6, 6.07) is 4.11. The van der Waals surface area contributed by atoms with Crippen LogP contribution in [0.1, 0.15) is 12.1 Å². The van der Waals surface area contributed by atoms with Gasteiger partial charge in [-0.2, -0.15) is 0 Å². The molecule has 0 aliphatic carbocycles. The van der Waals surface area contributed by atoms with Crippen molar-refractivity contribution in [1.29, 1.82) is 0 Å². The summed E-state index contributed by atoms with van der Waals surface area (Å²) < 4.78 is 5.39. The second-order valence-corrected chi connectivity index (χ2v) is 4.51. The third-order valence-corrected chi connectivity index (χ3v) is 3.34. The molecule has 2 aliphatic heterocycles. The van der Waals surface area contributed by atoms with E-state index in [2.05, 4.69) is 10.3 Å². The van der Waals surface area contributed by atoms with Gasteiger partial charge >= 0.3 is 6.03 Å². The molecule has 3 heterocycles. The first-order valence-electron chi connectivity index (χ1n) is 5.86. The molecule has 0 saturated carbocycles. The van der Waals surface area contributed by atoms with Gasteiger partial charge in [-0.15, -0.1) is 0 Å². The first-order chi connectivity index (χ1) is 8.25. The number of anilines is 1. The lowest BCUT2D eigenvalue weighted by Gasteiger charge is -2.29. The van der Waals surface area contributed by atoms with Crippen LogP contribution in [0.2, 0.25) is 0 Å². The van der Waals surface area contributed by atoms with Gasteiger partial charge in [0.05, 0.1) is 18.7 Å². The molecular weight excluding hydrogens is 218 g/mol. The average molecular weight is 233 g/mol. The average Bonchev–Trinajstić information content (AvgIpc) is 2.64. The minimum absolute atomic E-state index is 0.0314. The Hall–Kier alpha value is -1.62. The van der Waals surface area contributed by atoms with E-state index in [1.165, 1.54) is 0 Å². The molecular formula is C12H15N3O2. The third kappa shape index (κ3) is 1.76. The third-order valence-electron chi connectivity index (χ3n) is 3.34. The summed E-state index contributed by atoms with van der Waals surface area (Å²) in [5.74, 6) is 0. The van der Waals surface area contributed by atoms with E-state index in [0.717, 1.165) is 24.4 Å². The molecule has 0 aromatic carbocycles. The number of nitrogens with one attached hydrogen (secondary N) is 1. The largest absolute Gasteiger partial charge is 0.379 e. The number of urea groups is 1. The maximum atomic E-state index is 12.0. The SMILES string of the molecule is Cc1cc(N2C(=O)NC3COCCC32)ccn1. The molecule has 3 rings (SSSR count). The molecule has 0 radical (unpaired) electrons. The normalized spacial score (nSPS) is 27.8. The Balaban J connectivity index is 1.93. The van der Waals surface area contributed by atoms with Gasteiger partial charge in [0.25, 0.3) is 0 Å². The van der Waals surface area contributed by atoms with E-state index in [-0.39, 0.29) is 18.1 Å². The fourth-order valence-corrected chi connectivity index (χ4v) is 2.54. The molecule has 1 aromatic heterocycles. The number of aromatic nitrogens is 1. The van der Waals surface area contributed by atoms with Crippen molar-refractivity contribution in [3.63, 3.8) is 0 Å². The van der Waals surface area contributed by atoms with Gasteiger partial charge in [-0.3, -0.25) is 9.88 Å². The number of ether oxygens (including phenoxy) is 1. The minimum atomic E-state index is -0.0314. The van der Waals surface area contributed by atoms with Gasteiger partial charge in [0.15, 0.2) is 0 Å². The number of carbonyl (C=O) groups is 1. The number of carbonyl (C=O) groups excluding carboxylic acids is 1. The molecule has 5 heteroatoms. The molecule has 2 fully saturated rings. The number of nitrogens with zero attached hydrogens (tertiary/aromatic N) is 2. The number of pyridine rings is 1. The van der Waals surface area contributed by atoms with Crippen molar-refractivity contribution in [2.45, 2.75) is 25.4 Å². The van der Waals surface area contributed by atoms with Crippen molar-refractivity contribution in [3.8, 4) is 0 Å². The molecule has 90 valence electrons. The molecule has 0 spiro atoms. The van der Waals surface area contributed by atoms with Gasteiger partial charge in [-0.05, 0) is 25.5 Å². The fraction of sp³-hybridized carbons (Fsp3) is 0.500. The number of rotatable bonds is 1. The van der Waals surface area contributed by atoms with Gasteiger partial charge in [0, 0.05) is 24.2 Å². The summed E-state index contributed by atoms with van der Waals surface area (Å²) >= 11 is 0. The van der Waals surface area contributed by atoms with Crippen molar-refractivity contribution >= 4 is 11.7 Å². The van der Waals surface area contributed by atoms with Crippen molar-refractivity contribution in [3.05, 3.63) is 24.0 Å². The van der Waals surface area contributed by atoms with Crippen LogP contribution in [0.4, 0.5) is 10.5 Å². The molecule has 2 amide bonds. The summed E-state index contributed by atoms with van der Waals surface area (Å²) in [6.45, 7) is 3.26. The van der Waals surface area contributed by atoms with E-state index in [0.29, 0.717) is 6.61 Å². The van der Waals surface area contributed by atoms with E-state index < -0.39 is 0 Å². The molecule has 1 aromatic rings. The van der Waals surface area contributed by atoms with Crippen LogP contribution in [-0.4, -0.2) is 36.3 Å². The highest BCUT2D eigenvalue weighted by Gasteiger charge is 2.41. The van der Waals surface area contributed by atoms with E-state index in [1.54, 1.807) is 6.20 Å². The standard InChI is InChI=1S/C12H15N3O2/c1-8-6-9(2-4-13-8)15-11-3-5-17-7-10(11)14-12(15)16/h2,4,6,10-11H,3,5,7H2,1H3,(H,14,16). The molecule has 2 atom stereocenters. The van der Waals surface area contributed by atoms with Crippen LogP contribution >= 0.6 is 0 Å². The number of hydrogen-bond acceptors (Lipinski definition) is 3. The number of fused-ring (bicyclic) bond motifs is 1. The lowest BCUT2D eigenvalue weighted by molar-refractivity contribution is 0.0717. The zero-order chi connectivity index (χ0) is 11.8. The van der Waals surface area contributed by atoms with Crippen LogP contribution in [-0.2, 0) is 4.74 Å². The quantitative estimate of drug-likeness (QED) is 0.789. The zero-order valence-electron chi connectivity index (χ0n) is 9.72. The van der Waals surface area contributed by atoms with E-state index in [1.807, 2.05) is 24.0 Å². The Morgan fingerprint density at radius 1 is 1.59 bits per heavy atom. The first-order valence-corrected chi connectivity index (χ1v) is 5.86. The maximum absolute atomic E-state index is 12.0. The fourth-order valence-electron chi connectivity index (χ4n) is 2.54. The zero-order valence-corrected chi connectivity index (χ0v) is 9.72. The van der Waals surface area contributed by atoms with Crippen LogP contribution in [0.25, 0.3) is 0 Å². The lowest BCUT2D eigenvalue weighted by Crippen LogP contribution is -2.43. The molecule has 2 saturated heterocycles. The van der Waals surface area contributed by atoms with E-state index >= 15 is 0 Å². The molecule has 2 unspecified atom stereocenters. The van der Waals surface area contributed by atoms with Gasteiger partial charge in [-0.25, -0.2) is 4.79 Å². The van der Waals surface area contributed by atoms with Crippen molar-refractivity contribution in [2.24, 2.45) is 0 Å². The molecule has 2 aliphatic rings. The molecule has 0 bridgehead atoms. The molecule has 1 N–H and O–H groups in total. The Morgan fingerprint density at radius 2 is 2.47 bits per heavy atom. The van der Waals surface area contributed by atoms with Gasteiger partial charge in [-0.1, -0.05) is 0 Å². The minimum Gasteiger partial charge on any atom is -0.379 e. The van der Waals surface area contributed by atoms with Crippen molar-refractivity contribution in [1.82, 2.24) is 10.3 Å². The summed E-state index contributed by atoms with van der Waals surface area (Å²) in [5.41, 5.74) is 1.84. The second kappa shape index (κ2) is 4.00. The monoisotopic (exact) mass is 233 g/mol. The second-order valence-electron chi connectivity index (χ2n) is 4.51. The number of amides is 2. The predicted octanol–water partition coefficient (Wildman–Crippen LogP) is 1.08. The highest BCUT2D eigenvalue weighted by atomic mass is 16.5. The summed E-state index contributed by atoms with van der Waals surface area (Å²) in [5, 5.41) is 2.97. The Kier molecular flexibility index (Phi) is 2.48. The molecule has 17 heavy (non-hydrogen) atoms. The van der Waals surface area contributed by atoms with Gasteiger partial charge in [0.1, 0.15) is 0 Å². The van der Waals surface area contributed by atoms with E-state index in [9.17, 15) is 4.79 Å². The smallest absolute Gasteiger partial charge is 0.322 e. The highest BCUT2D eigenvalue weighted by Crippen LogP contribution is 2.27. The Morgan fingerprint density at radius 3 is 3.29 bits per heavy atom. The Bertz CT molecular complexity index is 449. The van der Waals surface area contributed by atoms with Crippen LogP contribution in [0.3, 0.4) is 0 Å². The van der Waals surface area contributed by atoms with Crippen molar-refractivity contribution < 1.29 is 9.53 Å². The topological polar surface area (TPSA) is 54.5 Å².